The second kappa shape index (κ2) is 6.91. The number of carbonyl (C=O) groups is 1. The van der Waals surface area contributed by atoms with E-state index in [0.29, 0.717) is 11.4 Å². The van der Waals surface area contributed by atoms with Gasteiger partial charge in [0.05, 0.1) is 19.4 Å². The Kier molecular flexibility index (Phi) is 5.19. The fourth-order valence-electron chi connectivity index (χ4n) is 1.10. The number of rotatable bonds is 5. The van der Waals surface area contributed by atoms with E-state index in [2.05, 4.69) is 15.3 Å². The number of nitrogens with one attached hydrogen (secondary N) is 1. The highest BCUT2D eigenvalue weighted by atomic mass is 16.5. The third-order valence-electron chi connectivity index (χ3n) is 1.96. The molecule has 6 heteroatoms. The first-order valence-electron chi connectivity index (χ1n) is 5.26. The number of carbonyl (C=O) groups excluding carboxylic acids is 1. The van der Waals surface area contributed by atoms with Crippen molar-refractivity contribution in [2.75, 3.05) is 19.1 Å². The van der Waals surface area contributed by atoms with Crippen molar-refractivity contribution in [2.24, 2.45) is 5.10 Å². The number of hydrazone groups is 1. The first-order valence-corrected chi connectivity index (χ1v) is 5.26. The molecule has 0 aliphatic rings. The van der Waals surface area contributed by atoms with E-state index in [1.807, 2.05) is 0 Å². The van der Waals surface area contributed by atoms with Gasteiger partial charge in [-0.3, -0.25) is 5.43 Å². The molecule has 0 aromatic heterocycles. The van der Waals surface area contributed by atoms with E-state index in [-0.39, 0.29) is 12.3 Å². The van der Waals surface area contributed by atoms with E-state index in [9.17, 15) is 4.79 Å². The van der Waals surface area contributed by atoms with E-state index in [4.69, 9.17) is 10.00 Å². The monoisotopic (exact) mass is 247 g/mol. The number of hydrogen-bond donors (Lipinski definition) is 1. The van der Waals surface area contributed by atoms with Crippen LogP contribution in [0.3, 0.4) is 0 Å². The summed E-state index contributed by atoms with van der Waals surface area (Å²) in [5.41, 5.74) is 2.90. The van der Waals surface area contributed by atoms with Crippen LogP contribution in [0.5, 0.6) is 5.75 Å². The summed E-state index contributed by atoms with van der Waals surface area (Å²) in [4.78, 5) is 11.3. The summed E-state index contributed by atoms with van der Waals surface area (Å²) in [6, 6.07) is 8.55. The van der Waals surface area contributed by atoms with Crippen molar-refractivity contribution in [3.05, 3.63) is 24.3 Å². The fourth-order valence-corrected chi connectivity index (χ4v) is 1.10. The van der Waals surface area contributed by atoms with E-state index < -0.39 is 5.97 Å². The van der Waals surface area contributed by atoms with Crippen LogP contribution in [0.4, 0.5) is 5.69 Å². The minimum Gasteiger partial charge on any atom is -0.497 e. The van der Waals surface area contributed by atoms with Gasteiger partial charge in [0.15, 0.2) is 0 Å². The maximum absolute atomic E-state index is 11.3. The lowest BCUT2D eigenvalue weighted by Gasteiger charge is -2.03. The van der Waals surface area contributed by atoms with Gasteiger partial charge in [0.25, 0.3) is 0 Å². The van der Waals surface area contributed by atoms with Gasteiger partial charge in [-0.25, -0.2) is 4.79 Å². The second-order valence-corrected chi connectivity index (χ2v) is 3.13. The number of anilines is 1. The van der Waals surface area contributed by atoms with Crippen molar-refractivity contribution in [1.82, 2.24) is 0 Å². The van der Waals surface area contributed by atoms with Crippen LogP contribution in [0.25, 0.3) is 0 Å². The number of esters is 1. The maximum atomic E-state index is 11.3. The number of ether oxygens (including phenoxy) is 2. The first kappa shape index (κ1) is 13.5. The van der Waals surface area contributed by atoms with Crippen LogP contribution in [-0.2, 0) is 9.53 Å². The maximum Gasteiger partial charge on any atom is 0.369 e. The summed E-state index contributed by atoms with van der Waals surface area (Å²) in [5, 5.41) is 12.4. The molecule has 94 valence electrons. The van der Waals surface area contributed by atoms with Crippen LogP contribution in [0.2, 0.25) is 0 Å². The van der Waals surface area contributed by atoms with Gasteiger partial charge in [0.2, 0.25) is 5.71 Å². The molecule has 0 aliphatic heterocycles. The Balaban J connectivity index is 2.71. The van der Waals surface area contributed by atoms with Crippen molar-refractivity contribution >= 4 is 17.4 Å². The highest BCUT2D eigenvalue weighted by Crippen LogP contribution is 2.14. The number of methoxy groups -OCH3 is 1. The highest BCUT2D eigenvalue weighted by Gasteiger charge is 2.11. The lowest BCUT2D eigenvalue weighted by Crippen LogP contribution is -2.17. The van der Waals surface area contributed by atoms with Crippen LogP contribution >= 0.6 is 0 Å². The van der Waals surface area contributed by atoms with Gasteiger partial charge in [0, 0.05) is 0 Å². The summed E-state index contributed by atoms with van der Waals surface area (Å²) in [6.45, 7) is 1.85. The van der Waals surface area contributed by atoms with Crippen LogP contribution in [0.15, 0.2) is 29.4 Å². The largest absolute Gasteiger partial charge is 0.497 e. The van der Waals surface area contributed by atoms with Gasteiger partial charge in [-0.15, -0.1) is 0 Å². The Morgan fingerprint density at radius 3 is 2.61 bits per heavy atom. The van der Waals surface area contributed by atoms with Crippen molar-refractivity contribution in [3.63, 3.8) is 0 Å². The molecule has 0 aliphatic carbocycles. The molecule has 0 fully saturated rings. The summed E-state index contributed by atoms with van der Waals surface area (Å²) < 4.78 is 9.66. The molecule has 0 saturated carbocycles. The van der Waals surface area contributed by atoms with Gasteiger partial charge in [-0.1, -0.05) is 0 Å². The molecular weight excluding hydrogens is 234 g/mol. The minimum absolute atomic E-state index is 0.196. The van der Waals surface area contributed by atoms with Crippen LogP contribution < -0.4 is 10.2 Å². The summed E-state index contributed by atoms with van der Waals surface area (Å²) in [7, 11) is 1.56. The predicted octanol–water partition coefficient (Wildman–Crippen LogP) is 1.55. The average molecular weight is 247 g/mol. The van der Waals surface area contributed by atoms with Crippen LogP contribution in [-0.4, -0.2) is 25.4 Å². The van der Waals surface area contributed by atoms with Crippen LogP contribution in [0, 0.1) is 11.3 Å². The van der Waals surface area contributed by atoms with Gasteiger partial charge in [-0.2, -0.15) is 10.4 Å². The standard InChI is InChI=1S/C12H13N3O3/c1-3-18-12(16)11(8-13)15-14-9-4-6-10(17-2)7-5-9/h4-7,14H,3H2,1-2H3/b15-11+. The molecule has 0 atom stereocenters. The first-order chi connectivity index (χ1) is 8.71. The molecule has 18 heavy (non-hydrogen) atoms. The second-order valence-electron chi connectivity index (χ2n) is 3.13. The normalized spacial score (nSPS) is 10.4. The quantitative estimate of drug-likeness (QED) is 0.485. The Bertz CT molecular complexity index is 474. The third kappa shape index (κ3) is 3.79. The van der Waals surface area contributed by atoms with E-state index in [1.54, 1.807) is 44.4 Å². The van der Waals surface area contributed by atoms with E-state index in [1.165, 1.54) is 0 Å². The van der Waals surface area contributed by atoms with Crippen molar-refractivity contribution in [3.8, 4) is 11.8 Å². The molecule has 1 aromatic rings. The molecule has 0 saturated heterocycles. The Hall–Kier alpha value is -2.55. The Morgan fingerprint density at radius 2 is 2.11 bits per heavy atom. The zero-order valence-corrected chi connectivity index (χ0v) is 10.1. The third-order valence-corrected chi connectivity index (χ3v) is 1.96. The lowest BCUT2D eigenvalue weighted by atomic mass is 10.3. The molecule has 0 amide bonds. The van der Waals surface area contributed by atoms with Crippen molar-refractivity contribution < 1.29 is 14.3 Å². The lowest BCUT2D eigenvalue weighted by molar-refractivity contribution is -0.134. The molecule has 0 radical (unpaired) electrons. The highest BCUT2D eigenvalue weighted by molar-refractivity contribution is 6.43. The summed E-state index contributed by atoms with van der Waals surface area (Å²) >= 11 is 0. The topological polar surface area (TPSA) is 83.7 Å². The zero-order chi connectivity index (χ0) is 13.4. The van der Waals surface area contributed by atoms with Gasteiger partial charge in [-0.05, 0) is 31.2 Å². The molecule has 0 heterocycles. The van der Waals surface area contributed by atoms with Gasteiger partial charge < -0.3 is 9.47 Å². The number of nitriles is 1. The summed E-state index contributed by atoms with van der Waals surface area (Å²) in [6.07, 6.45) is 0. The molecule has 0 spiro atoms. The SMILES string of the molecule is CCOC(=O)/C(C#N)=N/Nc1ccc(OC)cc1. The average Bonchev–Trinajstić information content (AvgIpc) is 2.40. The van der Waals surface area contributed by atoms with Gasteiger partial charge >= 0.3 is 5.97 Å². The van der Waals surface area contributed by atoms with E-state index >= 15 is 0 Å². The number of hydrogen-bond acceptors (Lipinski definition) is 6. The fraction of sp³-hybridized carbons (Fsp3) is 0.250. The van der Waals surface area contributed by atoms with Crippen molar-refractivity contribution in [2.45, 2.75) is 6.92 Å². The summed E-state index contributed by atoms with van der Waals surface area (Å²) in [5.74, 6) is -0.0450. The van der Waals surface area contributed by atoms with Crippen LogP contribution in [0.1, 0.15) is 6.92 Å². The Labute approximate surface area is 105 Å². The molecule has 0 bridgehead atoms. The molecule has 6 nitrogen and oxygen atoms in total. The predicted molar refractivity (Wildman–Crippen MR) is 66.3 cm³/mol. The molecular formula is C12H13N3O3. The zero-order valence-electron chi connectivity index (χ0n) is 10.1. The minimum atomic E-state index is -0.749. The Morgan fingerprint density at radius 1 is 1.44 bits per heavy atom. The number of benzene rings is 1. The van der Waals surface area contributed by atoms with Gasteiger partial charge in [0.1, 0.15) is 11.8 Å². The molecule has 1 rings (SSSR count). The van der Waals surface area contributed by atoms with E-state index in [0.717, 1.165) is 0 Å². The van der Waals surface area contributed by atoms with Crippen molar-refractivity contribution in [1.29, 1.82) is 5.26 Å². The molecule has 1 N–H and O–H groups in total. The smallest absolute Gasteiger partial charge is 0.369 e. The molecule has 0 unspecified atom stereocenters. The number of nitrogens with zero attached hydrogens (tertiary/aromatic N) is 2. The molecule has 1 aromatic carbocycles.